The van der Waals surface area contributed by atoms with Gasteiger partial charge in [-0.2, -0.15) is 0 Å². The van der Waals surface area contributed by atoms with Gasteiger partial charge >= 0.3 is 0 Å². The Morgan fingerprint density at radius 3 is 2.05 bits per heavy atom. The highest BCUT2D eigenvalue weighted by molar-refractivity contribution is 5.99. The van der Waals surface area contributed by atoms with Crippen LogP contribution < -0.4 is 14.8 Å². The molecule has 0 unspecified atom stereocenters. The van der Waals surface area contributed by atoms with Crippen molar-refractivity contribution in [1.29, 1.82) is 0 Å². The van der Waals surface area contributed by atoms with Crippen molar-refractivity contribution in [2.24, 2.45) is 4.99 Å². The third kappa shape index (κ3) is 6.61. The maximum Gasteiger partial charge on any atom is 0.169 e. The minimum atomic E-state index is 0.662. The highest BCUT2D eigenvalue weighted by Gasteiger charge is 2.14. The fourth-order valence-electron chi connectivity index (χ4n) is 4.91. The molecule has 0 aliphatic carbocycles. The molecule has 1 N–H and O–H groups in total. The van der Waals surface area contributed by atoms with E-state index in [1.165, 1.54) is 5.56 Å². The van der Waals surface area contributed by atoms with Crippen LogP contribution in [-0.2, 0) is 6.54 Å². The molecule has 0 fully saturated rings. The van der Waals surface area contributed by atoms with Crippen LogP contribution in [0.15, 0.2) is 138 Å². The number of ether oxygens (including phenoxy) is 2. The van der Waals surface area contributed by atoms with Crippen LogP contribution in [0.5, 0.6) is 11.5 Å². The zero-order valence-corrected chi connectivity index (χ0v) is 24.6. The van der Waals surface area contributed by atoms with Crippen molar-refractivity contribution in [3.63, 3.8) is 0 Å². The lowest BCUT2D eigenvalue weighted by molar-refractivity contribution is 0.368. The summed E-state index contributed by atoms with van der Waals surface area (Å²) >= 11 is 0. The summed E-state index contributed by atoms with van der Waals surface area (Å²) in [6, 6.07) is 39.4. The first kappa shape index (κ1) is 28.4. The van der Waals surface area contributed by atoms with E-state index in [0.29, 0.717) is 23.8 Å². The Morgan fingerprint density at radius 1 is 0.762 bits per heavy atom. The lowest BCUT2D eigenvalue weighted by atomic mass is 9.94. The van der Waals surface area contributed by atoms with Crippen LogP contribution in [0.2, 0.25) is 0 Å². The van der Waals surface area contributed by atoms with Gasteiger partial charge in [0.1, 0.15) is 5.76 Å². The minimum Gasteiger partial charge on any atom is -0.493 e. The van der Waals surface area contributed by atoms with Crippen molar-refractivity contribution in [2.45, 2.75) is 20.4 Å². The van der Waals surface area contributed by atoms with Gasteiger partial charge in [-0.05, 0) is 77.2 Å². The fraction of sp³-hybridized carbons (Fsp3) is 0.132. The summed E-state index contributed by atoms with van der Waals surface area (Å²) in [7, 11) is 3.61. The molecule has 5 rings (SSSR count). The smallest absolute Gasteiger partial charge is 0.169 e. The van der Waals surface area contributed by atoms with Crippen molar-refractivity contribution < 1.29 is 9.47 Å². The van der Waals surface area contributed by atoms with Gasteiger partial charge < -0.3 is 14.8 Å². The topological polar surface area (TPSA) is 42.9 Å². The number of aliphatic imine (C=N–C) groups is 1. The lowest BCUT2D eigenvalue weighted by Crippen LogP contribution is -2.01. The molecule has 0 bridgehead atoms. The minimum absolute atomic E-state index is 0.662. The number of benzene rings is 5. The predicted octanol–water partition coefficient (Wildman–Crippen LogP) is 9.31. The largest absolute Gasteiger partial charge is 0.493 e. The lowest BCUT2D eigenvalue weighted by Gasteiger charge is -2.17. The summed E-state index contributed by atoms with van der Waals surface area (Å²) in [5, 5.41) is 5.54. The molecule has 0 aliphatic rings. The van der Waals surface area contributed by atoms with Gasteiger partial charge in [-0.3, -0.25) is 4.99 Å². The van der Waals surface area contributed by atoms with Gasteiger partial charge in [0.15, 0.2) is 11.5 Å². The first-order valence-electron chi connectivity index (χ1n) is 14.1. The number of rotatable bonds is 10. The highest BCUT2D eigenvalue weighted by atomic mass is 16.5. The number of fused-ring (bicyclic) bond motifs is 1. The summed E-state index contributed by atoms with van der Waals surface area (Å²) in [6.07, 6.45) is 4.07. The normalized spacial score (nSPS) is 12.3. The van der Waals surface area contributed by atoms with Crippen molar-refractivity contribution >= 4 is 27.7 Å². The molecular formula is C38H36N2O2. The summed E-state index contributed by atoms with van der Waals surface area (Å²) in [4.78, 5) is 4.82. The molecular weight excluding hydrogens is 516 g/mol. The SMILES string of the molecule is C/C=C(\C=C(/c1ccc(C(C)=NCc2ccccc2)cc1)c1ccccc1NC)Oc1cc2ccccc2cc1OC. The first-order valence-corrected chi connectivity index (χ1v) is 14.1. The Bertz CT molecular complexity index is 1750. The molecule has 0 saturated heterocycles. The zero-order valence-electron chi connectivity index (χ0n) is 24.6. The molecule has 0 atom stereocenters. The van der Waals surface area contributed by atoms with E-state index in [0.717, 1.165) is 44.4 Å². The van der Waals surface area contributed by atoms with Gasteiger partial charge in [0.2, 0.25) is 0 Å². The Balaban J connectivity index is 1.50. The molecule has 0 aromatic heterocycles. The van der Waals surface area contributed by atoms with Crippen LogP contribution in [0.3, 0.4) is 0 Å². The van der Waals surface area contributed by atoms with Crippen LogP contribution in [-0.4, -0.2) is 19.9 Å². The highest BCUT2D eigenvalue weighted by Crippen LogP contribution is 2.36. The molecule has 5 aromatic rings. The average molecular weight is 553 g/mol. The Kier molecular flexibility index (Phi) is 9.15. The second-order valence-corrected chi connectivity index (χ2v) is 9.96. The first-order chi connectivity index (χ1) is 20.6. The number of anilines is 1. The van der Waals surface area contributed by atoms with E-state index < -0.39 is 0 Å². The molecule has 0 radical (unpaired) electrons. The molecule has 0 aliphatic heterocycles. The van der Waals surface area contributed by atoms with Crippen molar-refractivity contribution in [2.75, 3.05) is 19.5 Å². The number of para-hydroxylation sites is 1. The predicted molar refractivity (Wildman–Crippen MR) is 177 cm³/mol. The molecule has 0 heterocycles. The van der Waals surface area contributed by atoms with E-state index in [9.17, 15) is 0 Å². The summed E-state index contributed by atoms with van der Waals surface area (Å²) < 4.78 is 12.2. The molecule has 5 aromatic carbocycles. The van der Waals surface area contributed by atoms with Crippen molar-refractivity contribution in [3.8, 4) is 11.5 Å². The van der Waals surface area contributed by atoms with Gasteiger partial charge in [-0.1, -0.05) is 97.1 Å². The standard InChI is InChI=1S/C38H36N2O2/c1-5-33(42-38-24-32-16-10-9-15-31(32)23-37(38)41-4)25-35(34-17-11-12-18-36(34)39-3)30-21-19-29(20-22-30)27(2)40-26-28-13-7-6-8-14-28/h5-25,39H,26H2,1-4H3/b33-5+,35-25+,40-27?. The van der Waals surface area contributed by atoms with Crippen LogP contribution in [0, 0.1) is 0 Å². The monoisotopic (exact) mass is 552 g/mol. The number of hydrogen-bond donors (Lipinski definition) is 1. The summed E-state index contributed by atoms with van der Waals surface area (Å²) in [5.41, 5.74) is 7.53. The molecule has 210 valence electrons. The van der Waals surface area contributed by atoms with E-state index in [-0.39, 0.29) is 0 Å². The Morgan fingerprint density at radius 2 is 1.38 bits per heavy atom. The van der Waals surface area contributed by atoms with Crippen LogP contribution in [0.25, 0.3) is 16.3 Å². The molecule has 0 amide bonds. The van der Waals surface area contributed by atoms with Crippen LogP contribution >= 0.6 is 0 Å². The second-order valence-electron chi connectivity index (χ2n) is 9.96. The van der Waals surface area contributed by atoms with Crippen LogP contribution in [0.1, 0.15) is 36.1 Å². The Labute approximate surface area is 248 Å². The van der Waals surface area contributed by atoms with Gasteiger partial charge in [0.25, 0.3) is 0 Å². The Hall–Kier alpha value is -5.09. The van der Waals surface area contributed by atoms with Crippen molar-refractivity contribution in [3.05, 3.63) is 155 Å². The van der Waals surface area contributed by atoms with E-state index in [2.05, 4.69) is 85.0 Å². The number of hydrogen-bond acceptors (Lipinski definition) is 4. The molecule has 4 heteroatoms. The zero-order chi connectivity index (χ0) is 29.3. The van der Waals surface area contributed by atoms with Crippen molar-refractivity contribution in [1.82, 2.24) is 0 Å². The van der Waals surface area contributed by atoms with Gasteiger partial charge in [-0.25, -0.2) is 0 Å². The average Bonchev–Trinajstić information content (AvgIpc) is 3.05. The summed E-state index contributed by atoms with van der Waals surface area (Å²) in [5.74, 6) is 2.07. The molecule has 4 nitrogen and oxygen atoms in total. The van der Waals surface area contributed by atoms with Gasteiger partial charge in [0, 0.05) is 24.0 Å². The molecule has 0 spiro atoms. The summed E-state index contributed by atoms with van der Waals surface area (Å²) in [6.45, 7) is 4.71. The maximum atomic E-state index is 6.50. The number of methoxy groups -OCH3 is 1. The number of allylic oxidation sites excluding steroid dienone is 2. The number of nitrogens with one attached hydrogen (secondary N) is 1. The van der Waals surface area contributed by atoms with Crippen LogP contribution in [0.4, 0.5) is 5.69 Å². The van der Waals surface area contributed by atoms with E-state index in [1.54, 1.807) is 7.11 Å². The number of nitrogens with zero attached hydrogens (tertiary/aromatic N) is 1. The third-order valence-corrected chi connectivity index (χ3v) is 7.27. The van der Waals surface area contributed by atoms with Gasteiger partial charge in [0.05, 0.1) is 13.7 Å². The van der Waals surface area contributed by atoms with E-state index >= 15 is 0 Å². The maximum absolute atomic E-state index is 6.50. The molecule has 0 saturated carbocycles. The van der Waals surface area contributed by atoms with E-state index in [1.807, 2.05) is 68.6 Å². The second kappa shape index (κ2) is 13.5. The van der Waals surface area contributed by atoms with Gasteiger partial charge in [-0.15, -0.1) is 0 Å². The van der Waals surface area contributed by atoms with E-state index in [4.69, 9.17) is 14.5 Å². The molecule has 42 heavy (non-hydrogen) atoms. The fourth-order valence-corrected chi connectivity index (χ4v) is 4.91. The third-order valence-electron chi connectivity index (χ3n) is 7.27. The quantitative estimate of drug-likeness (QED) is 0.107.